The molecule has 1 aliphatic rings. The maximum absolute atomic E-state index is 11.3. The van der Waals surface area contributed by atoms with Crippen LogP contribution < -0.4 is 11.1 Å². The Hall–Kier alpha value is -0.420. The van der Waals surface area contributed by atoms with Crippen LogP contribution in [0.3, 0.4) is 0 Å². The van der Waals surface area contributed by atoms with Gasteiger partial charge in [0.1, 0.15) is 0 Å². The first-order chi connectivity index (χ1) is 6.72. The van der Waals surface area contributed by atoms with E-state index < -0.39 is 10.8 Å². The van der Waals surface area contributed by atoms with E-state index in [2.05, 4.69) is 5.32 Å². The predicted octanol–water partition coefficient (Wildman–Crippen LogP) is -0.247. The topological polar surface area (TPSA) is 72.2 Å². The number of hydrogen-bond acceptors (Lipinski definition) is 3. The van der Waals surface area contributed by atoms with Gasteiger partial charge in [0.25, 0.3) is 0 Å². The third-order valence-electron chi connectivity index (χ3n) is 2.08. The molecule has 0 heterocycles. The monoisotopic (exact) mass is 218 g/mol. The van der Waals surface area contributed by atoms with Gasteiger partial charge < -0.3 is 11.1 Å². The number of amides is 1. The maximum Gasteiger partial charge on any atom is 0.221 e. The molecule has 5 heteroatoms. The second-order valence-electron chi connectivity index (χ2n) is 3.58. The molecule has 3 N–H and O–H groups in total. The molecular formula is C9H18N2O2S. The zero-order valence-corrected chi connectivity index (χ0v) is 9.15. The largest absolute Gasteiger partial charge is 0.353 e. The number of nitrogens with two attached hydrogens (primary N) is 1. The predicted molar refractivity (Wildman–Crippen MR) is 57.3 cm³/mol. The van der Waals surface area contributed by atoms with Gasteiger partial charge in [-0.05, 0) is 25.8 Å². The summed E-state index contributed by atoms with van der Waals surface area (Å²) in [6.45, 7) is 0.569. The van der Waals surface area contributed by atoms with Gasteiger partial charge in [-0.25, -0.2) is 0 Å². The summed E-state index contributed by atoms with van der Waals surface area (Å²) in [6.07, 6.45) is 3.36. The third-order valence-corrected chi connectivity index (χ3v) is 3.48. The minimum atomic E-state index is -0.876. The molecule has 1 unspecified atom stereocenters. The van der Waals surface area contributed by atoms with Crippen LogP contribution in [0.5, 0.6) is 0 Å². The number of rotatable bonds is 7. The summed E-state index contributed by atoms with van der Waals surface area (Å²) in [5, 5.41) is 2.87. The van der Waals surface area contributed by atoms with Crippen LogP contribution in [-0.4, -0.2) is 34.2 Å². The number of carbonyl (C=O) groups is 1. The molecule has 0 saturated heterocycles. The lowest BCUT2D eigenvalue weighted by atomic mass is 10.4. The average molecular weight is 218 g/mol. The van der Waals surface area contributed by atoms with Crippen molar-refractivity contribution >= 4 is 16.7 Å². The van der Waals surface area contributed by atoms with Crippen LogP contribution in [0.25, 0.3) is 0 Å². The van der Waals surface area contributed by atoms with Crippen LogP contribution in [0.1, 0.15) is 25.7 Å². The summed E-state index contributed by atoms with van der Waals surface area (Å²) in [5.41, 5.74) is 5.29. The lowest BCUT2D eigenvalue weighted by Gasteiger charge is -2.02. The van der Waals surface area contributed by atoms with E-state index in [1.165, 1.54) is 0 Å². The lowest BCUT2D eigenvalue weighted by Crippen LogP contribution is -2.26. The van der Waals surface area contributed by atoms with Crippen LogP contribution in [0, 0.1) is 0 Å². The van der Waals surface area contributed by atoms with Crippen LogP contribution in [0.2, 0.25) is 0 Å². The van der Waals surface area contributed by atoms with Gasteiger partial charge in [0.15, 0.2) is 0 Å². The first-order valence-electron chi connectivity index (χ1n) is 5.07. The Morgan fingerprint density at radius 2 is 2.14 bits per heavy atom. The first kappa shape index (κ1) is 11.7. The van der Waals surface area contributed by atoms with Crippen molar-refractivity contribution in [2.24, 2.45) is 5.73 Å². The molecule has 1 amide bonds. The molecule has 4 nitrogen and oxygen atoms in total. The molecule has 1 fully saturated rings. The standard InChI is InChI=1S/C9H18N2O2S/c10-5-1-6-14(13)7-4-9(12)11-8-2-3-8/h8H,1-7,10H2,(H,11,12). The molecular weight excluding hydrogens is 200 g/mol. The smallest absolute Gasteiger partial charge is 0.221 e. The van der Waals surface area contributed by atoms with E-state index in [1.807, 2.05) is 0 Å². The van der Waals surface area contributed by atoms with Crippen molar-refractivity contribution in [3.8, 4) is 0 Å². The summed E-state index contributed by atoms with van der Waals surface area (Å²) in [4.78, 5) is 11.2. The second kappa shape index (κ2) is 6.14. The minimum Gasteiger partial charge on any atom is -0.353 e. The van der Waals surface area contributed by atoms with E-state index in [0.717, 1.165) is 19.3 Å². The van der Waals surface area contributed by atoms with Crippen LogP contribution in [-0.2, 0) is 15.6 Å². The lowest BCUT2D eigenvalue weighted by molar-refractivity contribution is -0.120. The van der Waals surface area contributed by atoms with Gasteiger partial charge in [-0.1, -0.05) is 0 Å². The van der Waals surface area contributed by atoms with Crippen molar-refractivity contribution in [3.05, 3.63) is 0 Å². The summed E-state index contributed by atoms with van der Waals surface area (Å²) in [5.74, 6) is 1.12. The van der Waals surface area contributed by atoms with Crippen LogP contribution in [0.15, 0.2) is 0 Å². The van der Waals surface area contributed by atoms with Crippen LogP contribution >= 0.6 is 0 Å². The zero-order valence-electron chi connectivity index (χ0n) is 8.33. The first-order valence-corrected chi connectivity index (χ1v) is 6.55. The highest BCUT2D eigenvalue weighted by Gasteiger charge is 2.22. The summed E-state index contributed by atoms with van der Waals surface area (Å²) < 4.78 is 11.3. The van der Waals surface area contributed by atoms with Gasteiger partial charge >= 0.3 is 0 Å². The molecule has 1 saturated carbocycles. The molecule has 14 heavy (non-hydrogen) atoms. The van der Waals surface area contributed by atoms with Crippen molar-refractivity contribution in [1.29, 1.82) is 0 Å². The third kappa shape index (κ3) is 5.34. The van der Waals surface area contributed by atoms with Gasteiger partial charge in [-0.15, -0.1) is 0 Å². The molecule has 1 atom stereocenters. The molecule has 0 bridgehead atoms. The Morgan fingerprint density at radius 3 is 2.71 bits per heavy atom. The van der Waals surface area contributed by atoms with E-state index in [0.29, 0.717) is 30.5 Å². The van der Waals surface area contributed by atoms with E-state index in [-0.39, 0.29) is 5.91 Å². The molecule has 0 aliphatic heterocycles. The average Bonchev–Trinajstić information content (AvgIpc) is 2.95. The van der Waals surface area contributed by atoms with Gasteiger partial charge in [0.2, 0.25) is 5.91 Å². The van der Waals surface area contributed by atoms with Crippen molar-refractivity contribution < 1.29 is 9.00 Å². The molecule has 82 valence electrons. The summed E-state index contributed by atoms with van der Waals surface area (Å²) in [6, 6.07) is 0.403. The van der Waals surface area contributed by atoms with Crippen molar-refractivity contribution in [2.75, 3.05) is 18.1 Å². The zero-order chi connectivity index (χ0) is 10.4. The van der Waals surface area contributed by atoms with E-state index >= 15 is 0 Å². The highest BCUT2D eigenvalue weighted by atomic mass is 32.2. The Labute approximate surface area is 87.1 Å². The molecule has 0 spiro atoms. The Bertz CT molecular complexity index is 217. The Balaban J connectivity index is 2.00. The molecule has 0 aromatic heterocycles. The van der Waals surface area contributed by atoms with Gasteiger partial charge in [0.05, 0.1) is 0 Å². The quantitative estimate of drug-likeness (QED) is 0.619. The van der Waals surface area contributed by atoms with Crippen molar-refractivity contribution in [2.45, 2.75) is 31.7 Å². The maximum atomic E-state index is 11.3. The Kier molecular flexibility index (Phi) is 5.11. The molecule has 0 aromatic carbocycles. The summed E-state index contributed by atoms with van der Waals surface area (Å²) >= 11 is 0. The summed E-state index contributed by atoms with van der Waals surface area (Å²) in [7, 11) is -0.876. The fraction of sp³-hybridized carbons (Fsp3) is 0.889. The highest BCUT2D eigenvalue weighted by molar-refractivity contribution is 7.84. The number of nitrogens with one attached hydrogen (secondary N) is 1. The second-order valence-corrected chi connectivity index (χ2v) is 5.28. The van der Waals surface area contributed by atoms with E-state index in [9.17, 15) is 9.00 Å². The van der Waals surface area contributed by atoms with Gasteiger partial charge in [-0.3, -0.25) is 9.00 Å². The molecule has 0 radical (unpaired) electrons. The van der Waals surface area contributed by atoms with Crippen LogP contribution in [0.4, 0.5) is 0 Å². The normalized spacial score (nSPS) is 17.8. The fourth-order valence-electron chi connectivity index (χ4n) is 1.08. The number of carbonyl (C=O) groups excluding carboxylic acids is 1. The molecule has 1 aliphatic carbocycles. The van der Waals surface area contributed by atoms with Gasteiger partial charge in [0, 0.05) is 34.8 Å². The minimum absolute atomic E-state index is 0.0357. The van der Waals surface area contributed by atoms with Crippen molar-refractivity contribution in [3.63, 3.8) is 0 Å². The van der Waals surface area contributed by atoms with E-state index in [1.54, 1.807) is 0 Å². The van der Waals surface area contributed by atoms with Gasteiger partial charge in [-0.2, -0.15) is 0 Å². The van der Waals surface area contributed by atoms with E-state index in [4.69, 9.17) is 5.73 Å². The Morgan fingerprint density at radius 1 is 1.43 bits per heavy atom. The SMILES string of the molecule is NCCCS(=O)CCC(=O)NC1CC1. The molecule has 0 aromatic rings. The fourth-order valence-corrected chi connectivity index (χ4v) is 2.19. The molecule has 1 rings (SSSR count). The number of hydrogen-bond donors (Lipinski definition) is 2. The van der Waals surface area contributed by atoms with Crippen molar-refractivity contribution in [1.82, 2.24) is 5.32 Å². The highest BCUT2D eigenvalue weighted by Crippen LogP contribution is 2.18.